The van der Waals surface area contributed by atoms with E-state index in [4.69, 9.17) is 0 Å². The molecule has 0 aliphatic rings. The molecule has 6 nitrogen and oxygen atoms in total. The van der Waals surface area contributed by atoms with E-state index >= 15 is 0 Å². The molecule has 168 valence electrons. The number of nitrogens with zero attached hydrogens (tertiary/aromatic N) is 4. The number of benzene rings is 2. The summed E-state index contributed by atoms with van der Waals surface area (Å²) in [7, 11) is 1.80. The van der Waals surface area contributed by atoms with Crippen molar-refractivity contribution in [2.75, 3.05) is 13.6 Å². The molecule has 0 atom stereocenters. The second-order valence-corrected chi connectivity index (χ2v) is 7.98. The van der Waals surface area contributed by atoms with Crippen molar-refractivity contribution < 1.29 is 9.18 Å². The number of aryl methyl sites for hydroxylation is 1. The highest BCUT2D eigenvalue weighted by Crippen LogP contribution is 2.19. The van der Waals surface area contributed by atoms with Gasteiger partial charge < -0.3 is 4.90 Å². The molecule has 4 aromatic rings. The molecule has 0 bridgehead atoms. The Morgan fingerprint density at radius 1 is 0.939 bits per heavy atom. The van der Waals surface area contributed by atoms with Gasteiger partial charge in [-0.1, -0.05) is 36.8 Å². The molecule has 1 N–H and O–H groups in total. The van der Waals surface area contributed by atoms with Gasteiger partial charge in [0, 0.05) is 42.8 Å². The van der Waals surface area contributed by atoms with Crippen molar-refractivity contribution in [3.05, 3.63) is 90.1 Å². The van der Waals surface area contributed by atoms with E-state index in [9.17, 15) is 9.18 Å². The largest absolute Gasteiger partial charge is 0.342 e. The second-order valence-electron chi connectivity index (χ2n) is 7.98. The smallest absolute Gasteiger partial charge is 0.256 e. The maximum atomic E-state index is 13.1. The molecular formula is C26H26FN5O. The summed E-state index contributed by atoms with van der Waals surface area (Å²) in [5.41, 5.74) is 4.17. The number of aromatic amines is 1. The molecule has 0 saturated heterocycles. The topological polar surface area (TPSA) is 74.8 Å². The van der Waals surface area contributed by atoms with E-state index in [-0.39, 0.29) is 11.7 Å². The van der Waals surface area contributed by atoms with Gasteiger partial charge in [0.25, 0.3) is 5.91 Å². The van der Waals surface area contributed by atoms with Crippen LogP contribution in [0, 0.1) is 5.82 Å². The molecule has 4 rings (SSSR count). The van der Waals surface area contributed by atoms with Crippen LogP contribution in [0.25, 0.3) is 22.6 Å². The number of rotatable bonds is 9. The first kappa shape index (κ1) is 22.3. The SMILES string of the molecule is CN(CCCCCc1cc(-c2ccc(F)cc2)n[nH]1)C(=O)c1cnc(-c2ccccc2)nc1. The number of hydrogen-bond donors (Lipinski definition) is 1. The third-order valence-electron chi connectivity index (χ3n) is 5.49. The Kier molecular flexibility index (Phi) is 7.19. The number of unbranched alkanes of at least 4 members (excludes halogenated alkanes) is 2. The van der Waals surface area contributed by atoms with E-state index in [0.717, 1.165) is 48.2 Å². The van der Waals surface area contributed by atoms with Gasteiger partial charge in [0.15, 0.2) is 5.82 Å². The Balaban J connectivity index is 1.20. The lowest BCUT2D eigenvalue weighted by Crippen LogP contribution is -2.28. The summed E-state index contributed by atoms with van der Waals surface area (Å²) >= 11 is 0. The van der Waals surface area contributed by atoms with Gasteiger partial charge in [-0.2, -0.15) is 5.10 Å². The molecule has 0 aliphatic carbocycles. The standard InChI is InChI=1S/C26H26FN5O/c1-32(26(33)21-17-28-25(29-18-21)20-8-4-2-5-9-20)15-7-3-6-10-23-16-24(31-30-23)19-11-13-22(27)14-12-19/h2,4-5,8-9,11-14,16-18H,3,6-7,10,15H2,1H3,(H,30,31). The number of hydrogen-bond acceptors (Lipinski definition) is 4. The number of aromatic nitrogens is 4. The van der Waals surface area contributed by atoms with Crippen molar-refractivity contribution in [2.24, 2.45) is 0 Å². The van der Waals surface area contributed by atoms with E-state index < -0.39 is 0 Å². The van der Waals surface area contributed by atoms with Gasteiger partial charge in [-0.15, -0.1) is 0 Å². The fourth-order valence-corrected chi connectivity index (χ4v) is 3.60. The Morgan fingerprint density at radius 2 is 1.67 bits per heavy atom. The molecule has 0 unspecified atom stereocenters. The van der Waals surface area contributed by atoms with Crippen LogP contribution < -0.4 is 0 Å². The van der Waals surface area contributed by atoms with Crippen LogP contribution in [0.15, 0.2) is 73.1 Å². The predicted octanol–water partition coefficient (Wildman–Crippen LogP) is 5.16. The van der Waals surface area contributed by atoms with Gasteiger partial charge >= 0.3 is 0 Å². The van der Waals surface area contributed by atoms with Crippen LogP contribution in [0.1, 0.15) is 35.3 Å². The van der Waals surface area contributed by atoms with Crippen LogP contribution in [-0.4, -0.2) is 44.6 Å². The van der Waals surface area contributed by atoms with Crippen LogP contribution >= 0.6 is 0 Å². The Bertz CT molecular complexity index is 1170. The summed E-state index contributed by atoms with van der Waals surface area (Å²) in [5.74, 6) is 0.276. The first-order valence-electron chi connectivity index (χ1n) is 11.0. The molecule has 0 aliphatic heterocycles. The maximum absolute atomic E-state index is 13.1. The quantitative estimate of drug-likeness (QED) is 0.363. The zero-order valence-corrected chi connectivity index (χ0v) is 18.5. The molecule has 0 fully saturated rings. The molecule has 0 saturated carbocycles. The minimum Gasteiger partial charge on any atom is -0.342 e. The number of amides is 1. The third-order valence-corrected chi connectivity index (χ3v) is 5.49. The highest BCUT2D eigenvalue weighted by Gasteiger charge is 2.13. The number of halogens is 1. The van der Waals surface area contributed by atoms with E-state index in [2.05, 4.69) is 20.2 Å². The van der Waals surface area contributed by atoms with Crippen molar-refractivity contribution in [1.82, 2.24) is 25.1 Å². The lowest BCUT2D eigenvalue weighted by Gasteiger charge is -2.16. The zero-order chi connectivity index (χ0) is 23.0. The average Bonchev–Trinajstić information content (AvgIpc) is 3.33. The number of carbonyl (C=O) groups is 1. The van der Waals surface area contributed by atoms with Crippen molar-refractivity contribution in [3.63, 3.8) is 0 Å². The molecular weight excluding hydrogens is 417 g/mol. The van der Waals surface area contributed by atoms with Crippen molar-refractivity contribution in [3.8, 4) is 22.6 Å². The summed E-state index contributed by atoms with van der Waals surface area (Å²) < 4.78 is 13.1. The maximum Gasteiger partial charge on any atom is 0.256 e. The Hall–Kier alpha value is -3.87. The van der Waals surface area contributed by atoms with Crippen molar-refractivity contribution in [2.45, 2.75) is 25.7 Å². The summed E-state index contributed by atoms with van der Waals surface area (Å²) in [6.45, 7) is 0.670. The van der Waals surface area contributed by atoms with Crippen molar-refractivity contribution in [1.29, 1.82) is 0 Å². The van der Waals surface area contributed by atoms with Gasteiger partial charge in [-0.3, -0.25) is 9.89 Å². The molecule has 0 spiro atoms. The van der Waals surface area contributed by atoms with Crippen LogP contribution in [0.5, 0.6) is 0 Å². The van der Waals surface area contributed by atoms with Crippen LogP contribution in [0.2, 0.25) is 0 Å². The molecule has 2 aromatic heterocycles. The lowest BCUT2D eigenvalue weighted by molar-refractivity contribution is 0.0791. The van der Waals surface area contributed by atoms with E-state index in [0.29, 0.717) is 17.9 Å². The first-order valence-corrected chi connectivity index (χ1v) is 11.0. The third kappa shape index (κ3) is 5.88. The molecule has 2 heterocycles. The van der Waals surface area contributed by atoms with Gasteiger partial charge in [0.2, 0.25) is 0 Å². The zero-order valence-electron chi connectivity index (χ0n) is 18.5. The van der Waals surface area contributed by atoms with Gasteiger partial charge in [-0.05, 0) is 49.6 Å². The fourth-order valence-electron chi connectivity index (χ4n) is 3.60. The monoisotopic (exact) mass is 443 g/mol. The Morgan fingerprint density at radius 3 is 2.39 bits per heavy atom. The molecule has 33 heavy (non-hydrogen) atoms. The fraction of sp³-hybridized carbons (Fsp3) is 0.231. The number of nitrogens with one attached hydrogen (secondary N) is 1. The van der Waals surface area contributed by atoms with E-state index in [1.54, 1.807) is 36.5 Å². The summed E-state index contributed by atoms with van der Waals surface area (Å²) in [4.78, 5) is 23.0. The van der Waals surface area contributed by atoms with Gasteiger partial charge in [0.1, 0.15) is 5.82 Å². The van der Waals surface area contributed by atoms with Crippen molar-refractivity contribution >= 4 is 5.91 Å². The van der Waals surface area contributed by atoms with Crippen LogP contribution in [0.4, 0.5) is 4.39 Å². The van der Waals surface area contributed by atoms with E-state index in [1.807, 2.05) is 36.4 Å². The average molecular weight is 444 g/mol. The molecule has 0 radical (unpaired) electrons. The predicted molar refractivity (Wildman–Crippen MR) is 126 cm³/mol. The van der Waals surface area contributed by atoms with Crippen LogP contribution in [-0.2, 0) is 6.42 Å². The summed E-state index contributed by atoms with van der Waals surface area (Å²) in [5, 5.41) is 7.37. The minimum absolute atomic E-state index is 0.0767. The molecule has 7 heteroatoms. The Labute approximate surface area is 192 Å². The van der Waals surface area contributed by atoms with Gasteiger partial charge in [0.05, 0.1) is 11.3 Å². The number of H-pyrrole nitrogens is 1. The first-order chi connectivity index (χ1) is 16.1. The van der Waals surface area contributed by atoms with Crippen LogP contribution in [0.3, 0.4) is 0 Å². The second kappa shape index (κ2) is 10.6. The number of carbonyl (C=O) groups excluding carboxylic acids is 1. The van der Waals surface area contributed by atoms with E-state index in [1.165, 1.54) is 12.1 Å². The van der Waals surface area contributed by atoms with Gasteiger partial charge in [-0.25, -0.2) is 14.4 Å². The highest BCUT2D eigenvalue weighted by atomic mass is 19.1. The lowest BCUT2D eigenvalue weighted by atomic mass is 10.1. The summed E-state index contributed by atoms with van der Waals surface area (Å²) in [6.07, 6.45) is 6.94. The normalized spacial score (nSPS) is 10.8. The molecule has 2 aromatic carbocycles. The summed E-state index contributed by atoms with van der Waals surface area (Å²) in [6, 6.07) is 18.0. The molecule has 1 amide bonds. The highest BCUT2D eigenvalue weighted by molar-refractivity contribution is 5.93. The minimum atomic E-state index is -0.255.